The van der Waals surface area contributed by atoms with E-state index in [4.69, 9.17) is 22.1 Å². The highest BCUT2D eigenvalue weighted by atomic mass is 35.5. The van der Waals surface area contributed by atoms with Crippen LogP contribution in [0.1, 0.15) is 27.2 Å². The number of phenolic OH excluding ortho intramolecular Hbond substituents is 1. The molecule has 0 bridgehead atoms. The van der Waals surface area contributed by atoms with Crippen LogP contribution in [0.15, 0.2) is 17.0 Å². The molecule has 0 aliphatic heterocycles. The van der Waals surface area contributed by atoms with Crippen molar-refractivity contribution in [3.8, 4) is 5.75 Å². The Morgan fingerprint density at radius 2 is 1.96 bits per heavy atom. The van der Waals surface area contributed by atoms with Crippen LogP contribution in [0.2, 0.25) is 5.02 Å². The normalized spacial score (nSPS) is 12.0. The number of sulfonamides is 1. The molecule has 136 valence electrons. The Bertz CT molecular complexity index is 701. The second-order valence-electron chi connectivity index (χ2n) is 5.99. The van der Waals surface area contributed by atoms with Crippen molar-refractivity contribution in [1.82, 2.24) is 10.0 Å². The first-order valence-electron chi connectivity index (χ1n) is 7.17. The van der Waals surface area contributed by atoms with Crippen molar-refractivity contribution in [3.05, 3.63) is 17.2 Å². The molecule has 1 rings (SSSR count). The van der Waals surface area contributed by atoms with Crippen LogP contribution >= 0.6 is 11.6 Å². The number of carbonyl (C=O) groups excluding carboxylic acids is 1. The van der Waals surface area contributed by atoms with Gasteiger partial charge in [0.05, 0.1) is 10.7 Å². The topological polar surface area (TPSA) is 131 Å². The third-order valence-corrected chi connectivity index (χ3v) is 4.66. The van der Waals surface area contributed by atoms with Gasteiger partial charge in [-0.25, -0.2) is 17.9 Å². The van der Waals surface area contributed by atoms with Gasteiger partial charge in [-0.05, 0) is 39.3 Å². The molecule has 0 saturated carbocycles. The van der Waals surface area contributed by atoms with E-state index >= 15 is 0 Å². The summed E-state index contributed by atoms with van der Waals surface area (Å²) >= 11 is 5.82. The van der Waals surface area contributed by atoms with Gasteiger partial charge in [0.25, 0.3) is 0 Å². The molecule has 0 spiro atoms. The molecular formula is C14H22ClN3O5S. The second kappa shape index (κ2) is 7.91. The zero-order valence-electron chi connectivity index (χ0n) is 13.7. The summed E-state index contributed by atoms with van der Waals surface area (Å²) in [6, 6.07) is 2.59. The van der Waals surface area contributed by atoms with Gasteiger partial charge in [0.2, 0.25) is 10.0 Å². The van der Waals surface area contributed by atoms with E-state index in [1.807, 2.05) is 0 Å². The number of benzene rings is 1. The zero-order chi connectivity index (χ0) is 18.5. The molecule has 0 unspecified atom stereocenters. The molecular weight excluding hydrogens is 358 g/mol. The summed E-state index contributed by atoms with van der Waals surface area (Å²) in [7, 11) is -4.03. The van der Waals surface area contributed by atoms with E-state index in [1.165, 1.54) is 12.1 Å². The number of anilines is 1. The number of carbonyl (C=O) groups is 1. The molecule has 0 atom stereocenters. The summed E-state index contributed by atoms with van der Waals surface area (Å²) in [6.45, 7) is 5.46. The molecule has 8 nitrogen and oxygen atoms in total. The van der Waals surface area contributed by atoms with Gasteiger partial charge in [-0.2, -0.15) is 0 Å². The molecule has 0 aliphatic carbocycles. The molecule has 0 aromatic heterocycles. The number of nitrogens with one attached hydrogen (secondary N) is 2. The lowest BCUT2D eigenvalue weighted by atomic mass is 10.2. The molecule has 1 aromatic rings. The average Bonchev–Trinajstić information content (AvgIpc) is 2.40. The van der Waals surface area contributed by atoms with Crippen molar-refractivity contribution < 1.29 is 23.1 Å². The standard InChI is InChI=1S/C14H22ClN3O5S/c1-14(2,3)23-13(20)17-7-4-8-18-24(21,22)12-9(15)5-6-10(16)11(12)19/h5-6,18-19H,4,7-8,16H2,1-3H3,(H,17,20). The number of ether oxygens (including phenoxy) is 1. The quantitative estimate of drug-likeness (QED) is 0.339. The van der Waals surface area contributed by atoms with Gasteiger partial charge in [0, 0.05) is 13.1 Å². The average molecular weight is 380 g/mol. The van der Waals surface area contributed by atoms with Crippen molar-refractivity contribution in [3.63, 3.8) is 0 Å². The first kappa shape index (κ1) is 20.3. The Labute approximate surface area is 146 Å². The number of hydrogen-bond acceptors (Lipinski definition) is 6. The number of phenols is 1. The van der Waals surface area contributed by atoms with Gasteiger partial charge in [-0.15, -0.1) is 0 Å². The number of rotatable bonds is 6. The Morgan fingerprint density at radius 1 is 1.33 bits per heavy atom. The van der Waals surface area contributed by atoms with E-state index in [-0.39, 0.29) is 23.8 Å². The lowest BCUT2D eigenvalue weighted by Gasteiger charge is -2.19. The molecule has 10 heteroatoms. The maximum Gasteiger partial charge on any atom is 0.407 e. The fourth-order valence-electron chi connectivity index (χ4n) is 1.69. The van der Waals surface area contributed by atoms with Gasteiger partial charge in [-0.1, -0.05) is 11.6 Å². The number of amides is 1. The number of aromatic hydroxyl groups is 1. The van der Waals surface area contributed by atoms with E-state index in [1.54, 1.807) is 20.8 Å². The van der Waals surface area contributed by atoms with Gasteiger partial charge in [0.1, 0.15) is 10.5 Å². The fraction of sp³-hybridized carbons (Fsp3) is 0.500. The largest absolute Gasteiger partial charge is 0.504 e. The van der Waals surface area contributed by atoms with Gasteiger partial charge in [0.15, 0.2) is 5.75 Å². The molecule has 0 radical (unpaired) electrons. The summed E-state index contributed by atoms with van der Waals surface area (Å²) < 4.78 is 31.7. The van der Waals surface area contributed by atoms with Crippen molar-refractivity contribution in [2.75, 3.05) is 18.8 Å². The second-order valence-corrected chi connectivity index (χ2v) is 8.11. The predicted molar refractivity (Wildman–Crippen MR) is 91.6 cm³/mol. The summed E-state index contributed by atoms with van der Waals surface area (Å²) in [4.78, 5) is 11.0. The molecule has 0 saturated heterocycles. The fourth-order valence-corrected chi connectivity index (χ4v) is 3.40. The van der Waals surface area contributed by atoms with E-state index < -0.39 is 32.4 Å². The van der Waals surface area contributed by atoms with Crippen molar-refractivity contribution in [1.29, 1.82) is 0 Å². The number of halogens is 1. The molecule has 0 aliphatic rings. The van der Waals surface area contributed by atoms with Crippen LogP contribution in [-0.4, -0.2) is 38.3 Å². The van der Waals surface area contributed by atoms with Gasteiger partial charge in [-0.3, -0.25) is 0 Å². The van der Waals surface area contributed by atoms with Crippen LogP contribution < -0.4 is 15.8 Å². The predicted octanol–water partition coefficient (Wildman–Crippen LogP) is 1.82. The Hall–Kier alpha value is -1.71. The Morgan fingerprint density at radius 3 is 2.54 bits per heavy atom. The Balaban J connectivity index is 2.54. The smallest absolute Gasteiger partial charge is 0.407 e. The summed E-state index contributed by atoms with van der Waals surface area (Å²) in [5.74, 6) is -0.595. The van der Waals surface area contributed by atoms with Crippen molar-refractivity contribution >= 4 is 33.4 Å². The number of hydrogen-bond donors (Lipinski definition) is 4. The van der Waals surface area contributed by atoms with Crippen molar-refractivity contribution in [2.45, 2.75) is 37.7 Å². The first-order valence-corrected chi connectivity index (χ1v) is 9.03. The molecule has 5 N–H and O–H groups in total. The maximum atomic E-state index is 12.2. The van der Waals surface area contributed by atoms with E-state index in [2.05, 4.69) is 10.0 Å². The first-order chi connectivity index (χ1) is 10.9. The van der Waals surface area contributed by atoms with E-state index in [9.17, 15) is 18.3 Å². The summed E-state index contributed by atoms with van der Waals surface area (Å²) in [5.41, 5.74) is 4.79. The molecule has 24 heavy (non-hydrogen) atoms. The number of alkyl carbamates (subject to hydrolysis) is 1. The molecule has 1 amide bonds. The van der Waals surface area contributed by atoms with E-state index in [0.29, 0.717) is 6.42 Å². The highest BCUT2D eigenvalue weighted by Crippen LogP contribution is 2.34. The van der Waals surface area contributed by atoms with Crippen LogP contribution in [0.3, 0.4) is 0 Å². The van der Waals surface area contributed by atoms with E-state index in [0.717, 1.165) is 0 Å². The van der Waals surface area contributed by atoms with Crippen LogP contribution in [0.25, 0.3) is 0 Å². The minimum Gasteiger partial charge on any atom is -0.504 e. The number of nitrogens with two attached hydrogens (primary N) is 1. The molecule has 0 heterocycles. The van der Waals surface area contributed by atoms with Crippen LogP contribution in [0.5, 0.6) is 5.75 Å². The summed E-state index contributed by atoms with van der Waals surface area (Å²) in [6.07, 6.45) is -0.263. The highest BCUT2D eigenvalue weighted by Gasteiger charge is 2.23. The van der Waals surface area contributed by atoms with Gasteiger partial charge < -0.3 is 20.9 Å². The van der Waals surface area contributed by atoms with Crippen LogP contribution in [0, 0.1) is 0 Å². The minimum absolute atomic E-state index is 0.0305. The lowest BCUT2D eigenvalue weighted by Crippen LogP contribution is -2.34. The zero-order valence-corrected chi connectivity index (χ0v) is 15.3. The van der Waals surface area contributed by atoms with Crippen molar-refractivity contribution in [2.24, 2.45) is 0 Å². The lowest BCUT2D eigenvalue weighted by molar-refractivity contribution is 0.0527. The van der Waals surface area contributed by atoms with Gasteiger partial charge >= 0.3 is 6.09 Å². The monoisotopic (exact) mass is 379 g/mol. The highest BCUT2D eigenvalue weighted by molar-refractivity contribution is 7.89. The number of nitrogen functional groups attached to an aromatic ring is 1. The molecule has 0 fully saturated rings. The minimum atomic E-state index is -4.03. The van der Waals surface area contributed by atoms with Crippen LogP contribution in [-0.2, 0) is 14.8 Å². The maximum absolute atomic E-state index is 12.2. The SMILES string of the molecule is CC(C)(C)OC(=O)NCCCNS(=O)(=O)c1c(Cl)ccc(N)c1O. The summed E-state index contributed by atoms with van der Waals surface area (Å²) in [5, 5.41) is 12.2. The van der Waals surface area contributed by atoms with Crippen LogP contribution in [0.4, 0.5) is 10.5 Å². The third-order valence-electron chi connectivity index (χ3n) is 2.70. The Kier molecular flexibility index (Phi) is 6.70. The molecule has 1 aromatic carbocycles. The third kappa shape index (κ3) is 6.06.